The lowest BCUT2D eigenvalue weighted by Gasteiger charge is -2.18. The van der Waals surface area contributed by atoms with Crippen molar-refractivity contribution in [1.29, 1.82) is 0 Å². The van der Waals surface area contributed by atoms with Gasteiger partial charge in [-0.2, -0.15) is 0 Å². The Labute approximate surface area is 151 Å². The van der Waals surface area contributed by atoms with E-state index in [2.05, 4.69) is 0 Å². The zero-order valence-corrected chi connectivity index (χ0v) is 14.3. The minimum atomic E-state index is -1.09. The largest absolute Gasteiger partial charge is 0.507 e. The molecular formula is C22H18O4. The molecule has 1 unspecified atom stereocenters. The van der Waals surface area contributed by atoms with E-state index in [1.807, 2.05) is 12.1 Å². The van der Waals surface area contributed by atoms with Crippen molar-refractivity contribution in [1.82, 2.24) is 0 Å². The van der Waals surface area contributed by atoms with Crippen molar-refractivity contribution < 1.29 is 19.4 Å². The first-order chi connectivity index (χ1) is 12.6. The van der Waals surface area contributed by atoms with Gasteiger partial charge in [0, 0.05) is 11.1 Å². The maximum atomic E-state index is 12.9. The van der Waals surface area contributed by atoms with Crippen LogP contribution in [0.3, 0.4) is 0 Å². The fraction of sp³-hybridized carbons (Fsp3) is 0.0909. The lowest BCUT2D eigenvalue weighted by Crippen LogP contribution is -2.20. The van der Waals surface area contributed by atoms with Crippen molar-refractivity contribution >= 4 is 11.8 Å². The average Bonchev–Trinajstić information content (AvgIpc) is 2.69. The van der Waals surface area contributed by atoms with Crippen LogP contribution >= 0.6 is 0 Å². The number of benzene rings is 3. The number of hydrogen-bond acceptors (Lipinski definition) is 4. The third-order valence-corrected chi connectivity index (χ3v) is 4.08. The number of phenolic OH excluding ortho intramolecular Hbond substituents is 1. The number of hydrogen-bond donors (Lipinski definition) is 1. The van der Waals surface area contributed by atoms with E-state index in [1.54, 1.807) is 67.6 Å². The molecule has 3 aromatic rings. The number of Topliss-reactive ketones (excluding diaryl/α,β-unsaturated/α-hetero) is 1. The zero-order valence-electron chi connectivity index (χ0n) is 14.3. The highest BCUT2D eigenvalue weighted by Crippen LogP contribution is 2.27. The number of para-hydroxylation sites is 1. The molecule has 1 N–H and O–H groups in total. The van der Waals surface area contributed by atoms with E-state index in [0.717, 1.165) is 0 Å². The zero-order chi connectivity index (χ0) is 18.5. The van der Waals surface area contributed by atoms with E-state index in [4.69, 9.17) is 4.74 Å². The summed E-state index contributed by atoms with van der Waals surface area (Å²) in [7, 11) is 0. The molecule has 0 spiro atoms. The van der Waals surface area contributed by atoms with Gasteiger partial charge in [-0.15, -0.1) is 0 Å². The molecule has 0 aliphatic rings. The standard InChI is InChI=1S/C22H18O4/c1-15-9-8-14-18(19(15)23)22(25)26-21(17-12-6-3-7-13-17)20(24)16-10-4-2-5-11-16/h2-14,21,23H,1H3. The van der Waals surface area contributed by atoms with Crippen molar-refractivity contribution in [3.05, 3.63) is 101 Å². The molecule has 0 aromatic heterocycles. The molecule has 0 aliphatic carbocycles. The monoisotopic (exact) mass is 346 g/mol. The van der Waals surface area contributed by atoms with Crippen molar-refractivity contribution in [3.8, 4) is 5.75 Å². The quantitative estimate of drug-likeness (QED) is 0.546. The van der Waals surface area contributed by atoms with Crippen LogP contribution < -0.4 is 0 Å². The topological polar surface area (TPSA) is 63.6 Å². The Balaban J connectivity index is 1.95. The van der Waals surface area contributed by atoms with E-state index in [0.29, 0.717) is 16.7 Å². The summed E-state index contributed by atoms with van der Waals surface area (Å²) in [4.78, 5) is 25.5. The van der Waals surface area contributed by atoms with Crippen LogP contribution in [0, 0.1) is 6.92 Å². The third kappa shape index (κ3) is 3.64. The molecule has 0 bridgehead atoms. The Bertz CT molecular complexity index is 917. The molecular weight excluding hydrogens is 328 g/mol. The highest BCUT2D eigenvalue weighted by atomic mass is 16.5. The Hall–Kier alpha value is -3.40. The molecule has 3 rings (SSSR count). The Morgan fingerprint density at radius 3 is 2.12 bits per heavy atom. The summed E-state index contributed by atoms with van der Waals surface area (Å²) in [6.45, 7) is 1.69. The molecule has 4 nitrogen and oxygen atoms in total. The number of carbonyl (C=O) groups excluding carboxylic acids is 2. The van der Waals surface area contributed by atoms with E-state index >= 15 is 0 Å². The summed E-state index contributed by atoms with van der Waals surface area (Å²) in [5, 5.41) is 10.1. The van der Waals surface area contributed by atoms with Crippen LogP contribution in [0.25, 0.3) is 0 Å². The predicted molar refractivity (Wildman–Crippen MR) is 98.2 cm³/mol. The van der Waals surface area contributed by atoms with Gasteiger partial charge in [0.25, 0.3) is 0 Å². The molecule has 0 aliphatic heterocycles. The maximum absolute atomic E-state index is 12.9. The van der Waals surface area contributed by atoms with Crippen molar-refractivity contribution in [2.24, 2.45) is 0 Å². The molecule has 26 heavy (non-hydrogen) atoms. The van der Waals surface area contributed by atoms with E-state index in [9.17, 15) is 14.7 Å². The highest BCUT2D eigenvalue weighted by molar-refractivity contribution is 6.02. The molecule has 0 amide bonds. The number of phenols is 1. The molecule has 4 heteroatoms. The van der Waals surface area contributed by atoms with Crippen LogP contribution in [0.4, 0.5) is 0 Å². The van der Waals surface area contributed by atoms with Gasteiger partial charge in [-0.3, -0.25) is 4.79 Å². The van der Waals surface area contributed by atoms with Crippen LogP contribution in [0.15, 0.2) is 78.9 Å². The Morgan fingerprint density at radius 2 is 1.46 bits per heavy atom. The number of aryl methyl sites for hydroxylation is 1. The predicted octanol–water partition coefficient (Wildman–Crippen LogP) is 4.48. The van der Waals surface area contributed by atoms with Gasteiger partial charge in [-0.1, -0.05) is 72.8 Å². The first-order valence-corrected chi connectivity index (χ1v) is 8.21. The van der Waals surface area contributed by atoms with Gasteiger partial charge in [0.15, 0.2) is 6.10 Å². The molecule has 130 valence electrons. The van der Waals surface area contributed by atoms with Crippen LogP contribution in [-0.4, -0.2) is 16.9 Å². The van der Waals surface area contributed by atoms with Gasteiger partial charge >= 0.3 is 5.97 Å². The van der Waals surface area contributed by atoms with Crippen molar-refractivity contribution in [2.45, 2.75) is 13.0 Å². The Morgan fingerprint density at radius 1 is 0.846 bits per heavy atom. The second kappa shape index (κ2) is 7.66. The van der Waals surface area contributed by atoms with Gasteiger partial charge in [-0.25, -0.2) is 4.79 Å². The van der Waals surface area contributed by atoms with Crippen LogP contribution in [0.5, 0.6) is 5.75 Å². The second-order valence-electron chi connectivity index (χ2n) is 5.90. The lowest BCUT2D eigenvalue weighted by molar-refractivity contribution is 0.0277. The van der Waals surface area contributed by atoms with Crippen LogP contribution in [0.2, 0.25) is 0 Å². The number of ether oxygens (including phenoxy) is 1. The molecule has 0 saturated heterocycles. The fourth-order valence-corrected chi connectivity index (χ4v) is 2.65. The number of carbonyl (C=O) groups is 2. The fourth-order valence-electron chi connectivity index (χ4n) is 2.65. The summed E-state index contributed by atoms with van der Waals surface area (Å²) < 4.78 is 5.53. The molecule has 0 radical (unpaired) electrons. The number of esters is 1. The third-order valence-electron chi connectivity index (χ3n) is 4.08. The van der Waals surface area contributed by atoms with Crippen LogP contribution in [0.1, 0.15) is 37.9 Å². The van der Waals surface area contributed by atoms with Gasteiger partial charge in [0.05, 0.1) is 0 Å². The minimum Gasteiger partial charge on any atom is -0.507 e. The molecule has 0 saturated carbocycles. The normalized spacial score (nSPS) is 11.6. The first-order valence-electron chi connectivity index (χ1n) is 8.21. The minimum absolute atomic E-state index is 0.0341. The summed E-state index contributed by atoms with van der Waals surface area (Å²) in [6.07, 6.45) is -1.09. The summed E-state index contributed by atoms with van der Waals surface area (Å²) in [5.41, 5.74) is 1.61. The van der Waals surface area contributed by atoms with E-state index in [-0.39, 0.29) is 17.1 Å². The van der Waals surface area contributed by atoms with Crippen molar-refractivity contribution in [2.75, 3.05) is 0 Å². The summed E-state index contributed by atoms with van der Waals surface area (Å²) >= 11 is 0. The number of rotatable bonds is 5. The number of aromatic hydroxyl groups is 1. The lowest BCUT2D eigenvalue weighted by atomic mass is 9.99. The molecule has 0 heterocycles. The highest BCUT2D eigenvalue weighted by Gasteiger charge is 2.27. The molecule has 0 fully saturated rings. The number of ketones is 1. The van der Waals surface area contributed by atoms with Crippen molar-refractivity contribution in [3.63, 3.8) is 0 Å². The van der Waals surface area contributed by atoms with E-state index < -0.39 is 12.1 Å². The van der Waals surface area contributed by atoms with Gasteiger partial charge in [-0.05, 0) is 18.6 Å². The van der Waals surface area contributed by atoms with Gasteiger partial charge in [0.2, 0.25) is 5.78 Å². The maximum Gasteiger partial charge on any atom is 0.342 e. The van der Waals surface area contributed by atoms with E-state index in [1.165, 1.54) is 6.07 Å². The first kappa shape index (κ1) is 17.4. The second-order valence-corrected chi connectivity index (χ2v) is 5.90. The molecule has 1 atom stereocenters. The smallest absolute Gasteiger partial charge is 0.342 e. The van der Waals surface area contributed by atoms with Crippen LogP contribution in [-0.2, 0) is 4.74 Å². The average molecular weight is 346 g/mol. The van der Waals surface area contributed by atoms with Gasteiger partial charge in [0.1, 0.15) is 11.3 Å². The Kier molecular flexibility index (Phi) is 5.13. The SMILES string of the molecule is Cc1cccc(C(=O)OC(C(=O)c2ccccc2)c2ccccc2)c1O. The summed E-state index contributed by atoms with van der Waals surface area (Å²) in [6, 6.07) is 22.3. The molecule has 3 aromatic carbocycles. The summed E-state index contributed by atoms with van der Waals surface area (Å²) in [5.74, 6) is -1.21. The van der Waals surface area contributed by atoms with Gasteiger partial charge < -0.3 is 9.84 Å².